The van der Waals surface area contributed by atoms with Crippen LogP contribution in [0.25, 0.3) is 6.08 Å². The second-order valence-electron chi connectivity index (χ2n) is 6.38. The number of aromatic nitrogens is 1. The molecule has 0 fully saturated rings. The molecule has 0 radical (unpaired) electrons. The van der Waals surface area contributed by atoms with Gasteiger partial charge in [-0.3, -0.25) is 4.98 Å². The first-order valence-corrected chi connectivity index (χ1v) is 8.86. The summed E-state index contributed by atoms with van der Waals surface area (Å²) in [6, 6.07) is 12.5. The lowest BCUT2D eigenvalue weighted by Gasteiger charge is -2.06. The SMILES string of the molecule is CC(N)=CC(=O)OCCOCC(C)=Cc1ccc(Cc2cccnc2)cc1. The summed E-state index contributed by atoms with van der Waals surface area (Å²) in [5.41, 5.74) is 10.5. The van der Waals surface area contributed by atoms with Gasteiger partial charge in [0.25, 0.3) is 0 Å². The van der Waals surface area contributed by atoms with Crippen molar-refractivity contribution in [3.8, 4) is 0 Å². The Kier molecular flexibility index (Phi) is 8.26. The van der Waals surface area contributed by atoms with Crippen LogP contribution in [0.15, 0.2) is 66.1 Å². The third-order valence-electron chi connectivity index (χ3n) is 3.67. The normalized spacial score (nSPS) is 12.1. The summed E-state index contributed by atoms with van der Waals surface area (Å²) in [6.07, 6.45) is 7.88. The highest BCUT2D eigenvalue weighted by Crippen LogP contribution is 2.12. The van der Waals surface area contributed by atoms with E-state index in [0.29, 0.717) is 18.9 Å². The summed E-state index contributed by atoms with van der Waals surface area (Å²) in [4.78, 5) is 15.4. The number of carbonyl (C=O) groups excluding carboxylic acids is 1. The van der Waals surface area contributed by atoms with Gasteiger partial charge in [-0.1, -0.05) is 36.4 Å². The fourth-order valence-corrected chi connectivity index (χ4v) is 2.46. The Hall–Kier alpha value is -2.92. The molecule has 5 nitrogen and oxygen atoms in total. The molecule has 0 atom stereocenters. The zero-order valence-electron chi connectivity index (χ0n) is 15.9. The lowest BCUT2D eigenvalue weighted by Crippen LogP contribution is -2.10. The van der Waals surface area contributed by atoms with Crippen molar-refractivity contribution < 1.29 is 14.3 Å². The minimum atomic E-state index is -0.447. The molecule has 0 aliphatic carbocycles. The molecule has 1 aromatic carbocycles. The topological polar surface area (TPSA) is 74.4 Å². The van der Waals surface area contributed by atoms with Crippen molar-refractivity contribution in [1.29, 1.82) is 0 Å². The molecular weight excluding hydrogens is 340 g/mol. The minimum Gasteiger partial charge on any atom is -0.460 e. The van der Waals surface area contributed by atoms with Gasteiger partial charge in [-0.05, 0) is 48.6 Å². The first-order valence-electron chi connectivity index (χ1n) is 8.86. The van der Waals surface area contributed by atoms with Crippen LogP contribution in [-0.4, -0.2) is 30.8 Å². The van der Waals surface area contributed by atoms with Gasteiger partial charge in [0.2, 0.25) is 0 Å². The molecule has 2 N–H and O–H groups in total. The second-order valence-corrected chi connectivity index (χ2v) is 6.38. The molecule has 0 saturated carbocycles. The maximum absolute atomic E-state index is 11.3. The maximum Gasteiger partial charge on any atom is 0.332 e. The van der Waals surface area contributed by atoms with E-state index in [9.17, 15) is 4.79 Å². The van der Waals surface area contributed by atoms with Crippen LogP contribution in [0, 0.1) is 0 Å². The van der Waals surface area contributed by atoms with E-state index in [2.05, 4.69) is 41.4 Å². The molecule has 0 spiro atoms. The van der Waals surface area contributed by atoms with Crippen molar-refractivity contribution in [2.75, 3.05) is 19.8 Å². The molecule has 142 valence electrons. The molecule has 2 aromatic rings. The van der Waals surface area contributed by atoms with Gasteiger partial charge in [-0.25, -0.2) is 4.79 Å². The minimum absolute atomic E-state index is 0.207. The molecule has 0 unspecified atom stereocenters. The van der Waals surface area contributed by atoms with E-state index >= 15 is 0 Å². The average molecular weight is 366 g/mol. The number of nitrogens with two attached hydrogens (primary N) is 1. The van der Waals surface area contributed by atoms with Gasteiger partial charge >= 0.3 is 5.97 Å². The van der Waals surface area contributed by atoms with Crippen LogP contribution >= 0.6 is 0 Å². The Morgan fingerprint density at radius 2 is 1.89 bits per heavy atom. The molecule has 1 heterocycles. The first kappa shape index (κ1) is 20.4. The Bertz CT molecular complexity index is 777. The van der Waals surface area contributed by atoms with Crippen molar-refractivity contribution in [3.05, 3.63) is 82.8 Å². The summed E-state index contributed by atoms with van der Waals surface area (Å²) in [6.45, 7) is 4.69. The van der Waals surface area contributed by atoms with Crippen LogP contribution in [0.5, 0.6) is 0 Å². The Balaban J connectivity index is 1.73. The Labute approximate surface area is 160 Å². The van der Waals surface area contributed by atoms with Crippen LogP contribution in [-0.2, 0) is 20.7 Å². The number of carbonyl (C=O) groups is 1. The van der Waals surface area contributed by atoms with E-state index in [1.54, 1.807) is 13.1 Å². The van der Waals surface area contributed by atoms with E-state index < -0.39 is 5.97 Å². The van der Waals surface area contributed by atoms with E-state index in [-0.39, 0.29) is 6.61 Å². The van der Waals surface area contributed by atoms with E-state index in [1.807, 2.05) is 19.2 Å². The molecular formula is C22H26N2O3. The summed E-state index contributed by atoms with van der Waals surface area (Å²) in [7, 11) is 0. The standard InChI is InChI=1S/C22H26N2O3/c1-17(16-26-10-11-27-22(25)13-18(2)23)12-19-5-7-20(8-6-19)14-21-4-3-9-24-15-21/h3-9,12-13,15H,10-11,14,16,23H2,1-2H3. The van der Waals surface area contributed by atoms with Gasteiger partial charge in [-0.15, -0.1) is 0 Å². The molecule has 5 heteroatoms. The maximum atomic E-state index is 11.3. The fourth-order valence-electron chi connectivity index (χ4n) is 2.46. The number of hydrogen-bond donors (Lipinski definition) is 1. The fraction of sp³-hybridized carbons (Fsp3) is 0.273. The number of allylic oxidation sites excluding steroid dienone is 1. The van der Waals surface area contributed by atoms with Gasteiger partial charge in [0.05, 0.1) is 13.2 Å². The first-order chi connectivity index (χ1) is 13.0. The number of esters is 1. The number of rotatable bonds is 9. The van der Waals surface area contributed by atoms with Crippen LogP contribution in [0.2, 0.25) is 0 Å². The number of benzene rings is 1. The van der Waals surface area contributed by atoms with Crippen molar-refractivity contribution in [3.63, 3.8) is 0 Å². The van der Waals surface area contributed by atoms with Gasteiger partial charge in [0, 0.05) is 24.2 Å². The molecule has 2 rings (SSSR count). The predicted octanol–water partition coefficient (Wildman–Crippen LogP) is 3.50. The predicted molar refractivity (Wildman–Crippen MR) is 107 cm³/mol. The van der Waals surface area contributed by atoms with Gasteiger partial charge < -0.3 is 15.2 Å². The third kappa shape index (κ3) is 8.33. The molecule has 1 aromatic heterocycles. The van der Waals surface area contributed by atoms with E-state index in [4.69, 9.17) is 15.2 Å². The Morgan fingerprint density at radius 3 is 2.56 bits per heavy atom. The number of pyridine rings is 1. The van der Waals surface area contributed by atoms with Gasteiger partial charge in [-0.2, -0.15) is 0 Å². The summed E-state index contributed by atoms with van der Waals surface area (Å²) >= 11 is 0. The van der Waals surface area contributed by atoms with E-state index in [0.717, 1.165) is 17.6 Å². The highest BCUT2D eigenvalue weighted by molar-refractivity contribution is 5.82. The summed E-state index contributed by atoms with van der Waals surface area (Å²) in [5.74, 6) is -0.447. The number of nitrogens with zero attached hydrogens (tertiary/aromatic N) is 1. The highest BCUT2D eigenvalue weighted by Gasteiger charge is 1.99. The van der Waals surface area contributed by atoms with Crippen molar-refractivity contribution in [2.24, 2.45) is 5.73 Å². The smallest absolute Gasteiger partial charge is 0.332 e. The van der Waals surface area contributed by atoms with E-state index in [1.165, 1.54) is 17.2 Å². The molecule has 0 bridgehead atoms. The van der Waals surface area contributed by atoms with Gasteiger partial charge in [0.1, 0.15) is 6.61 Å². The lowest BCUT2D eigenvalue weighted by atomic mass is 10.0. The average Bonchev–Trinajstić information content (AvgIpc) is 2.63. The molecule has 0 aliphatic heterocycles. The van der Waals surface area contributed by atoms with Crippen molar-refractivity contribution in [2.45, 2.75) is 20.3 Å². The molecule has 0 amide bonds. The second kappa shape index (κ2) is 10.9. The third-order valence-corrected chi connectivity index (χ3v) is 3.67. The zero-order chi connectivity index (χ0) is 19.5. The highest BCUT2D eigenvalue weighted by atomic mass is 16.6. The van der Waals surface area contributed by atoms with Gasteiger partial charge in [0.15, 0.2) is 0 Å². The number of hydrogen-bond acceptors (Lipinski definition) is 5. The summed E-state index contributed by atoms with van der Waals surface area (Å²) < 4.78 is 10.5. The van der Waals surface area contributed by atoms with Crippen molar-refractivity contribution in [1.82, 2.24) is 4.98 Å². The van der Waals surface area contributed by atoms with Crippen LogP contribution < -0.4 is 5.73 Å². The summed E-state index contributed by atoms with van der Waals surface area (Å²) in [5, 5.41) is 0. The quantitative estimate of drug-likeness (QED) is 0.418. The molecule has 0 aliphatic rings. The molecule has 0 saturated heterocycles. The molecule has 27 heavy (non-hydrogen) atoms. The van der Waals surface area contributed by atoms with Crippen LogP contribution in [0.4, 0.5) is 0 Å². The zero-order valence-corrected chi connectivity index (χ0v) is 15.9. The van der Waals surface area contributed by atoms with Crippen LogP contribution in [0.1, 0.15) is 30.5 Å². The van der Waals surface area contributed by atoms with Crippen LogP contribution in [0.3, 0.4) is 0 Å². The monoisotopic (exact) mass is 366 g/mol. The lowest BCUT2D eigenvalue weighted by molar-refractivity contribution is -0.139. The largest absolute Gasteiger partial charge is 0.460 e. The Morgan fingerprint density at radius 1 is 1.11 bits per heavy atom. The number of ether oxygens (including phenoxy) is 2. The van der Waals surface area contributed by atoms with Crippen molar-refractivity contribution >= 4 is 12.0 Å².